The molecular weight excluding hydrogens is 400 g/mol. The summed E-state index contributed by atoms with van der Waals surface area (Å²) in [5, 5.41) is 10.9. The lowest BCUT2D eigenvalue weighted by Gasteiger charge is -2.32. The van der Waals surface area contributed by atoms with Gasteiger partial charge in [-0.15, -0.1) is 0 Å². The second-order valence-electron chi connectivity index (χ2n) is 7.80. The Morgan fingerprint density at radius 2 is 2.13 bits per heavy atom. The molecule has 1 atom stereocenters. The van der Waals surface area contributed by atoms with E-state index in [4.69, 9.17) is 9.15 Å². The molecule has 4 heterocycles. The molecule has 1 unspecified atom stereocenters. The quantitative estimate of drug-likeness (QED) is 0.475. The van der Waals surface area contributed by atoms with Crippen LogP contribution in [0.5, 0.6) is 6.01 Å². The van der Waals surface area contributed by atoms with Crippen molar-refractivity contribution in [2.75, 3.05) is 13.1 Å². The van der Waals surface area contributed by atoms with E-state index < -0.39 is 22.2 Å². The summed E-state index contributed by atoms with van der Waals surface area (Å²) in [4.78, 5) is 20.8. The van der Waals surface area contributed by atoms with Crippen molar-refractivity contribution in [2.24, 2.45) is 0 Å². The Hall–Kier alpha value is -3.34. The number of aromatic nitrogens is 3. The van der Waals surface area contributed by atoms with Gasteiger partial charge < -0.3 is 19.3 Å². The van der Waals surface area contributed by atoms with Crippen molar-refractivity contribution < 1.29 is 22.9 Å². The van der Waals surface area contributed by atoms with Gasteiger partial charge in [0.05, 0.1) is 18.8 Å². The second-order valence-corrected chi connectivity index (χ2v) is 7.80. The molecule has 11 heteroatoms. The Balaban J connectivity index is 1.29. The van der Waals surface area contributed by atoms with Gasteiger partial charge in [-0.1, -0.05) is 0 Å². The van der Waals surface area contributed by atoms with Crippen LogP contribution in [0, 0.1) is 21.7 Å². The van der Waals surface area contributed by atoms with E-state index in [1.54, 1.807) is 4.57 Å². The Morgan fingerprint density at radius 3 is 2.87 bits per heavy atom. The number of halogens is 2. The Kier molecular flexibility index (Phi) is 4.10. The molecule has 30 heavy (non-hydrogen) atoms. The standard InChI is InChI=1S/C19H17F2N5O4/c1-19(10-25-8-16(26(27)28)23-18(25)30-19)9-24-5-4-14-15(7-24)29-17(22-14)11-2-3-12(20)13(21)6-11/h2-3,6,8H,4-5,7,9-10H2,1H3. The Bertz CT molecular complexity index is 1130. The summed E-state index contributed by atoms with van der Waals surface area (Å²) in [7, 11) is 0. The highest BCUT2D eigenvalue weighted by Gasteiger charge is 2.42. The largest absolute Gasteiger partial charge is 0.440 e. The molecule has 3 aromatic rings. The van der Waals surface area contributed by atoms with Gasteiger partial charge in [0.15, 0.2) is 11.6 Å². The van der Waals surface area contributed by atoms with Crippen LogP contribution in [0.15, 0.2) is 28.8 Å². The van der Waals surface area contributed by atoms with Crippen molar-refractivity contribution >= 4 is 5.82 Å². The van der Waals surface area contributed by atoms with Crippen LogP contribution >= 0.6 is 0 Å². The van der Waals surface area contributed by atoms with Crippen molar-refractivity contribution in [3.8, 4) is 17.5 Å². The van der Waals surface area contributed by atoms with Crippen molar-refractivity contribution in [1.29, 1.82) is 0 Å². The van der Waals surface area contributed by atoms with Gasteiger partial charge in [-0.25, -0.2) is 13.8 Å². The maximum atomic E-state index is 13.5. The molecule has 1 aromatic carbocycles. The molecule has 156 valence electrons. The van der Waals surface area contributed by atoms with Crippen LogP contribution in [0.2, 0.25) is 0 Å². The number of fused-ring (bicyclic) bond motifs is 2. The molecule has 2 aliphatic heterocycles. The van der Waals surface area contributed by atoms with Crippen molar-refractivity contribution in [1.82, 2.24) is 19.4 Å². The van der Waals surface area contributed by atoms with Crippen LogP contribution in [0.1, 0.15) is 18.4 Å². The van der Waals surface area contributed by atoms with Crippen molar-refractivity contribution in [3.05, 3.63) is 57.6 Å². The van der Waals surface area contributed by atoms with Crippen molar-refractivity contribution in [3.63, 3.8) is 0 Å². The van der Waals surface area contributed by atoms with E-state index in [9.17, 15) is 18.9 Å². The number of benzene rings is 1. The molecule has 2 aromatic heterocycles. The number of ether oxygens (including phenoxy) is 1. The Morgan fingerprint density at radius 1 is 1.30 bits per heavy atom. The van der Waals surface area contributed by atoms with Gasteiger partial charge in [0.25, 0.3) is 0 Å². The average Bonchev–Trinajstić information content (AvgIpc) is 3.34. The lowest BCUT2D eigenvalue weighted by Crippen LogP contribution is -2.46. The third kappa shape index (κ3) is 3.20. The molecule has 0 saturated carbocycles. The minimum atomic E-state index is -0.950. The van der Waals surface area contributed by atoms with Crippen LogP contribution in [0.25, 0.3) is 11.5 Å². The van der Waals surface area contributed by atoms with Crippen LogP contribution in [0.3, 0.4) is 0 Å². The maximum Gasteiger partial charge on any atom is 0.415 e. The molecule has 0 N–H and O–H groups in total. The zero-order chi connectivity index (χ0) is 21.0. The fourth-order valence-electron chi connectivity index (χ4n) is 3.97. The zero-order valence-corrected chi connectivity index (χ0v) is 16.0. The predicted octanol–water partition coefficient (Wildman–Crippen LogP) is 2.93. The van der Waals surface area contributed by atoms with E-state index in [2.05, 4.69) is 14.9 Å². The molecule has 0 amide bonds. The van der Waals surface area contributed by atoms with Gasteiger partial charge in [-0.3, -0.25) is 9.47 Å². The molecular formula is C19H17F2N5O4. The normalized spacial score (nSPS) is 20.6. The lowest BCUT2D eigenvalue weighted by atomic mass is 10.0. The SMILES string of the molecule is CC1(CN2CCc3nc(-c4ccc(F)c(F)c4)oc3C2)Cn2cc([N+](=O)[O-])nc2O1. The summed E-state index contributed by atoms with van der Waals surface area (Å²) < 4.78 is 40.1. The van der Waals surface area contributed by atoms with Crippen molar-refractivity contribution in [2.45, 2.75) is 32.0 Å². The van der Waals surface area contributed by atoms with Crippen LogP contribution in [0.4, 0.5) is 14.6 Å². The van der Waals surface area contributed by atoms with Gasteiger partial charge in [-0.2, -0.15) is 0 Å². The smallest absolute Gasteiger partial charge is 0.415 e. The first-order chi connectivity index (χ1) is 14.3. The number of rotatable bonds is 4. The van der Waals surface area contributed by atoms with Gasteiger partial charge in [0, 0.05) is 30.1 Å². The monoisotopic (exact) mass is 417 g/mol. The van der Waals surface area contributed by atoms with E-state index in [1.165, 1.54) is 12.3 Å². The first-order valence-corrected chi connectivity index (χ1v) is 9.37. The first-order valence-electron chi connectivity index (χ1n) is 9.37. The summed E-state index contributed by atoms with van der Waals surface area (Å²) in [5.41, 5.74) is 0.595. The number of nitro groups is 1. The number of hydrogen-bond donors (Lipinski definition) is 0. The average molecular weight is 417 g/mol. The molecule has 9 nitrogen and oxygen atoms in total. The molecule has 0 radical (unpaired) electrons. The fourth-order valence-corrected chi connectivity index (χ4v) is 3.97. The first kappa shape index (κ1) is 18.7. The fraction of sp³-hybridized carbons (Fsp3) is 0.368. The minimum Gasteiger partial charge on any atom is -0.440 e. The summed E-state index contributed by atoms with van der Waals surface area (Å²) in [6.45, 7) is 4.15. The number of oxazole rings is 1. The molecule has 0 aliphatic carbocycles. The van der Waals surface area contributed by atoms with E-state index in [0.717, 1.165) is 24.4 Å². The molecule has 0 saturated heterocycles. The van der Waals surface area contributed by atoms with E-state index in [-0.39, 0.29) is 17.7 Å². The van der Waals surface area contributed by atoms with E-state index in [1.807, 2.05) is 6.92 Å². The van der Waals surface area contributed by atoms with E-state index in [0.29, 0.717) is 37.4 Å². The molecule has 0 fully saturated rings. The van der Waals surface area contributed by atoms with Gasteiger partial charge in [0.2, 0.25) is 5.89 Å². The molecule has 0 spiro atoms. The summed E-state index contributed by atoms with van der Waals surface area (Å²) >= 11 is 0. The number of hydrogen-bond acceptors (Lipinski definition) is 7. The summed E-state index contributed by atoms with van der Waals surface area (Å²) in [6.07, 6.45) is 2.02. The molecule has 2 aliphatic rings. The van der Waals surface area contributed by atoms with Crippen LogP contribution in [-0.4, -0.2) is 43.0 Å². The van der Waals surface area contributed by atoms with Crippen LogP contribution in [-0.2, 0) is 19.5 Å². The third-order valence-electron chi connectivity index (χ3n) is 5.29. The highest BCUT2D eigenvalue weighted by Crippen LogP contribution is 2.33. The Labute approximate surface area is 169 Å². The van der Waals surface area contributed by atoms with Gasteiger partial charge >= 0.3 is 11.8 Å². The zero-order valence-electron chi connectivity index (χ0n) is 16.0. The van der Waals surface area contributed by atoms with Gasteiger partial charge in [0.1, 0.15) is 17.6 Å². The molecule has 5 rings (SSSR count). The number of imidazole rings is 1. The van der Waals surface area contributed by atoms with E-state index >= 15 is 0 Å². The minimum absolute atomic E-state index is 0.235. The highest BCUT2D eigenvalue weighted by atomic mass is 19.2. The number of nitrogens with zero attached hydrogens (tertiary/aromatic N) is 5. The lowest BCUT2D eigenvalue weighted by molar-refractivity contribution is -0.389. The molecule has 0 bridgehead atoms. The summed E-state index contributed by atoms with van der Waals surface area (Å²) in [5.74, 6) is -1.17. The van der Waals surface area contributed by atoms with Gasteiger partial charge in [-0.05, 0) is 30.0 Å². The maximum absolute atomic E-state index is 13.5. The third-order valence-corrected chi connectivity index (χ3v) is 5.29. The topological polar surface area (TPSA) is 99.5 Å². The van der Waals surface area contributed by atoms with Crippen LogP contribution < -0.4 is 4.74 Å². The highest BCUT2D eigenvalue weighted by molar-refractivity contribution is 5.54. The summed E-state index contributed by atoms with van der Waals surface area (Å²) in [6, 6.07) is 3.79. The second kappa shape index (κ2) is 6.59. The predicted molar refractivity (Wildman–Crippen MR) is 98.8 cm³/mol.